The van der Waals surface area contributed by atoms with Gasteiger partial charge in [-0.1, -0.05) is 6.92 Å². The fourth-order valence-electron chi connectivity index (χ4n) is 1.12. The first-order valence-corrected chi connectivity index (χ1v) is 5.97. The van der Waals surface area contributed by atoms with Crippen LogP contribution in [0.2, 0.25) is 0 Å². The van der Waals surface area contributed by atoms with E-state index in [0.717, 1.165) is 11.5 Å². The average Bonchev–Trinajstić information content (AvgIpc) is 2.04. The SMILES string of the molecule is CCC(=O)C1(C)SCCCS1. The van der Waals surface area contributed by atoms with Gasteiger partial charge in [-0.2, -0.15) is 0 Å². The maximum Gasteiger partial charge on any atom is 0.158 e. The number of carbonyl (C=O) groups is 1. The molecule has 1 rings (SSSR count). The van der Waals surface area contributed by atoms with Crippen molar-refractivity contribution < 1.29 is 4.79 Å². The lowest BCUT2D eigenvalue weighted by atomic mass is 10.2. The van der Waals surface area contributed by atoms with Gasteiger partial charge in [0, 0.05) is 6.42 Å². The first kappa shape index (κ1) is 9.46. The third-order valence-corrected chi connectivity index (χ3v) is 5.12. The second kappa shape index (κ2) is 3.85. The summed E-state index contributed by atoms with van der Waals surface area (Å²) in [5.74, 6) is 2.69. The molecule has 0 amide bonds. The molecule has 1 aliphatic rings. The second-order valence-electron chi connectivity index (χ2n) is 2.77. The molecule has 0 atom stereocenters. The Morgan fingerprint density at radius 1 is 1.45 bits per heavy atom. The van der Waals surface area contributed by atoms with Crippen molar-refractivity contribution in [2.75, 3.05) is 11.5 Å². The number of hydrogen-bond acceptors (Lipinski definition) is 3. The summed E-state index contributed by atoms with van der Waals surface area (Å²) in [6.07, 6.45) is 1.93. The van der Waals surface area contributed by atoms with Gasteiger partial charge in [0.2, 0.25) is 0 Å². The van der Waals surface area contributed by atoms with E-state index in [1.807, 2.05) is 30.4 Å². The summed E-state index contributed by atoms with van der Waals surface area (Å²) >= 11 is 3.62. The quantitative estimate of drug-likeness (QED) is 0.666. The Hall–Kier alpha value is 0.370. The summed E-state index contributed by atoms with van der Waals surface area (Å²) in [6, 6.07) is 0. The Morgan fingerprint density at radius 2 is 2.00 bits per heavy atom. The number of thioether (sulfide) groups is 2. The predicted octanol–water partition coefficient (Wildman–Crippen LogP) is 2.55. The third kappa shape index (κ3) is 2.15. The van der Waals surface area contributed by atoms with Crippen LogP contribution in [0.15, 0.2) is 0 Å². The topological polar surface area (TPSA) is 17.1 Å². The molecule has 0 spiro atoms. The predicted molar refractivity (Wildman–Crippen MR) is 53.2 cm³/mol. The van der Waals surface area contributed by atoms with Crippen LogP contribution in [0.5, 0.6) is 0 Å². The van der Waals surface area contributed by atoms with Gasteiger partial charge in [0.25, 0.3) is 0 Å². The van der Waals surface area contributed by atoms with E-state index in [-0.39, 0.29) is 4.08 Å². The monoisotopic (exact) mass is 190 g/mol. The van der Waals surface area contributed by atoms with Gasteiger partial charge in [-0.3, -0.25) is 4.79 Å². The first-order chi connectivity index (χ1) is 5.19. The summed E-state index contributed by atoms with van der Waals surface area (Å²) in [6.45, 7) is 4.01. The van der Waals surface area contributed by atoms with E-state index in [9.17, 15) is 4.79 Å². The number of ketones is 1. The van der Waals surface area contributed by atoms with E-state index in [1.54, 1.807) is 0 Å². The highest BCUT2D eigenvalue weighted by Crippen LogP contribution is 2.42. The van der Waals surface area contributed by atoms with Gasteiger partial charge in [0.1, 0.15) is 4.08 Å². The van der Waals surface area contributed by atoms with Gasteiger partial charge in [-0.25, -0.2) is 0 Å². The summed E-state index contributed by atoms with van der Waals surface area (Å²) in [5, 5.41) is 0. The van der Waals surface area contributed by atoms with Gasteiger partial charge < -0.3 is 0 Å². The van der Waals surface area contributed by atoms with Gasteiger partial charge in [0.15, 0.2) is 5.78 Å². The molecule has 0 aromatic rings. The maximum absolute atomic E-state index is 11.4. The highest BCUT2D eigenvalue weighted by Gasteiger charge is 2.34. The molecule has 0 aliphatic carbocycles. The van der Waals surface area contributed by atoms with Gasteiger partial charge in [-0.05, 0) is 24.9 Å². The summed E-state index contributed by atoms with van der Waals surface area (Å²) in [5.41, 5.74) is 0. The van der Waals surface area contributed by atoms with Crippen LogP contribution >= 0.6 is 23.5 Å². The van der Waals surface area contributed by atoms with Crippen molar-refractivity contribution in [2.45, 2.75) is 30.8 Å². The smallest absolute Gasteiger partial charge is 0.158 e. The van der Waals surface area contributed by atoms with Crippen LogP contribution in [-0.2, 0) is 4.79 Å². The van der Waals surface area contributed by atoms with Crippen LogP contribution in [0.25, 0.3) is 0 Å². The van der Waals surface area contributed by atoms with Crippen LogP contribution in [-0.4, -0.2) is 21.4 Å². The van der Waals surface area contributed by atoms with E-state index in [1.165, 1.54) is 6.42 Å². The molecular formula is C8H14OS2. The Balaban J connectivity index is 2.56. The minimum absolute atomic E-state index is 0.118. The third-order valence-electron chi connectivity index (χ3n) is 1.87. The van der Waals surface area contributed by atoms with Crippen molar-refractivity contribution in [3.05, 3.63) is 0 Å². The van der Waals surface area contributed by atoms with E-state index in [2.05, 4.69) is 6.92 Å². The molecule has 0 aromatic carbocycles. The zero-order chi connectivity index (χ0) is 8.32. The summed E-state index contributed by atoms with van der Waals surface area (Å²) < 4.78 is -0.118. The number of hydrogen-bond donors (Lipinski definition) is 0. The highest BCUT2D eigenvalue weighted by atomic mass is 32.2. The van der Waals surface area contributed by atoms with Gasteiger partial charge in [0.05, 0.1) is 0 Å². The van der Waals surface area contributed by atoms with Crippen LogP contribution in [0.3, 0.4) is 0 Å². The molecule has 0 radical (unpaired) electrons. The van der Waals surface area contributed by atoms with Crippen LogP contribution < -0.4 is 0 Å². The van der Waals surface area contributed by atoms with E-state index in [0.29, 0.717) is 12.2 Å². The zero-order valence-electron chi connectivity index (χ0n) is 7.05. The largest absolute Gasteiger partial charge is 0.297 e. The van der Waals surface area contributed by atoms with Crippen LogP contribution in [0, 0.1) is 0 Å². The van der Waals surface area contributed by atoms with Gasteiger partial charge in [-0.15, -0.1) is 23.5 Å². The fraction of sp³-hybridized carbons (Fsp3) is 0.875. The van der Waals surface area contributed by atoms with E-state index >= 15 is 0 Å². The molecule has 11 heavy (non-hydrogen) atoms. The summed E-state index contributed by atoms with van der Waals surface area (Å²) in [4.78, 5) is 11.4. The molecule has 1 fully saturated rings. The molecular weight excluding hydrogens is 176 g/mol. The number of Topliss-reactive ketones (excluding diaryl/α,β-unsaturated/α-hetero) is 1. The van der Waals surface area contributed by atoms with Crippen molar-refractivity contribution in [1.82, 2.24) is 0 Å². The lowest BCUT2D eigenvalue weighted by Crippen LogP contribution is -2.30. The molecule has 1 heterocycles. The minimum Gasteiger partial charge on any atom is -0.297 e. The van der Waals surface area contributed by atoms with Crippen molar-refractivity contribution in [2.24, 2.45) is 0 Å². The Kier molecular flexibility index (Phi) is 3.31. The second-order valence-corrected chi connectivity index (χ2v) is 6.06. The molecule has 1 nitrogen and oxygen atoms in total. The molecule has 64 valence electrons. The standard InChI is InChI=1S/C8H14OS2/c1-3-7(9)8(2)10-5-4-6-11-8/h3-6H2,1-2H3. The lowest BCUT2D eigenvalue weighted by Gasteiger charge is -2.30. The minimum atomic E-state index is -0.118. The number of carbonyl (C=O) groups excluding carboxylic acids is 1. The molecule has 1 saturated heterocycles. The molecule has 3 heteroatoms. The van der Waals surface area contributed by atoms with Gasteiger partial charge >= 0.3 is 0 Å². The molecule has 0 bridgehead atoms. The molecule has 0 unspecified atom stereocenters. The van der Waals surface area contributed by atoms with E-state index < -0.39 is 0 Å². The molecule has 0 saturated carbocycles. The highest BCUT2D eigenvalue weighted by molar-refractivity contribution is 8.19. The van der Waals surface area contributed by atoms with Crippen LogP contribution in [0.4, 0.5) is 0 Å². The first-order valence-electron chi connectivity index (χ1n) is 4.00. The zero-order valence-corrected chi connectivity index (χ0v) is 8.69. The van der Waals surface area contributed by atoms with Crippen molar-refractivity contribution in [3.8, 4) is 0 Å². The Labute approximate surface area is 76.7 Å². The van der Waals surface area contributed by atoms with E-state index in [4.69, 9.17) is 0 Å². The number of rotatable bonds is 2. The van der Waals surface area contributed by atoms with Crippen molar-refractivity contribution in [3.63, 3.8) is 0 Å². The normalized spacial score (nSPS) is 23.1. The Bertz CT molecular complexity index is 150. The average molecular weight is 190 g/mol. The molecule has 0 N–H and O–H groups in total. The summed E-state index contributed by atoms with van der Waals surface area (Å²) in [7, 11) is 0. The maximum atomic E-state index is 11.4. The molecule has 1 aliphatic heterocycles. The fourth-order valence-corrected chi connectivity index (χ4v) is 4.10. The van der Waals surface area contributed by atoms with Crippen molar-refractivity contribution in [1.29, 1.82) is 0 Å². The lowest BCUT2D eigenvalue weighted by molar-refractivity contribution is -0.118. The van der Waals surface area contributed by atoms with Crippen LogP contribution in [0.1, 0.15) is 26.7 Å². The van der Waals surface area contributed by atoms with Crippen molar-refractivity contribution >= 4 is 29.3 Å². The molecule has 0 aromatic heterocycles. The Morgan fingerprint density at radius 3 is 2.45 bits per heavy atom.